The van der Waals surface area contributed by atoms with Crippen LogP contribution in [0.1, 0.15) is 43.0 Å². The standard InChI is InChI=1S/C19H20BrN5O2/c1-12(2)27-17-9-7-14(8-10-17)19(26)21-13(3)18-22-23-24-25(18)16-6-4-5-15(20)11-16/h4-13H,1-3H3,(H,21,26). The number of hydrogen-bond acceptors (Lipinski definition) is 5. The Morgan fingerprint density at radius 3 is 2.56 bits per heavy atom. The lowest BCUT2D eigenvalue weighted by molar-refractivity contribution is 0.0938. The summed E-state index contributed by atoms with van der Waals surface area (Å²) in [4.78, 5) is 12.5. The van der Waals surface area contributed by atoms with Gasteiger partial charge in [-0.1, -0.05) is 22.0 Å². The van der Waals surface area contributed by atoms with Gasteiger partial charge >= 0.3 is 0 Å². The van der Waals surface area contributed by atoms with E-state index in [2.05, 4.69) is 36.8 Å². The number of tetrazole rings is 1. The van der Waals surface area contributed by atoms with Gasteiger partial charge in [-0.05, 0) is 73.7 Å². The first-order valence-corrected chi connectivity index (χ1v) is 9.35. The molecule has 140 valence electrons. The quantitative estimate of drug-likeness (QED) is 0.645. The number of benzene rings is 2. The Hall–Kier alpha value is -2.74. The Labute approximate surface area is 165 Å². The number of rotatable bonds is 6. The van der Waals surface area contributed by atoms with E-state index in [4.69, 9.17) is 4.74 Å². The molecule has 0 spiro atoms. The Balaban J connectivity index is 1.73. The molecule has 0 aliphatic rings. The third-order valence-electron chi connectivity index (χ3n) is 3.77. The summed E-state index contributed by atoms with van der Waals surface area (Å²) in [7, 11) is 0. The van der Waals surface area contributed by atoms with Gasteiger partial charge in [0.1, 0.15) is 5.75 Å². The van der Waals surface area contributed by atoms with E-state index in [-0.39, 0.29) is 18.1 Å². The maximum absolute atomic E-state index is 12.5. The summed E-state index contributed by atoms with van der Waals surface area (Å²) in [6, 6.07) is 14.3. The predicted octanol–water partition coefficient (Wildman–Crippen LogP) is 3.70. The zero-order valence-corrected chi connectivity index (χ0v) is 16.8. The van der Waals surface area contributed by atoms with Crippen LogP contribution in [0, 0.1) is 0 Å². The van der Waals surface area contributed by atoms with Crippen molar-refractivity contribution in [3.05, 3.63) is 64.4 Å². The summed E-state index contributed by atoms with van der Waals surface area (Å²) in [5.41, 5.74) is 1.35. The fourth-order valence-corrected chi connectivity index (χ4v) is 2.94. The van der Waals surface area contributed by atoms with Crippen LogP contribution >= 0.6 is 15.9 Å². The molecule has 0 saturated carbocycles. The normalized spacial score (nSPS) is 12.0. The number of hydrogen-bond donors (Lipinski definition) is 1. The van der Waals surface area contributed by atoms with Crippen molar-refractivity contribution in [3.63, 3.8) is 0 Å². The third-order valence-corrected chi connectivity index (χ3v) is 4.26. The number of ether oxygens (including phenoxy) is 1. The molecule has 0 aliphatic heterocycles. The van der Waals surface area contributed by atoms with E-state index in [0.29, 0.717) is 11.4 Å². The minimum Gasteiger partial charge on any atom is -0.491 e. The highest BCUT2D eigenvalue weighted by Crippen LogP contribution is 2.19. The number of carbonyl (C=O) groups excluding carboxylic acids is 1. The van der Waals surface area contributed by atoms with Crippen LogP contribution in [-0.2, 0) is 0 Å². The molecule has 3 aromatic rings. The van der Waals surface area contributed by atoms with Crippen molar-refractivity contribution in [2.45, 2.75) is 32.9 Å². The predicted molar refractivity (Wildman–Crippen MR) is 105 cm³/mol. The van der Waals surface area contributed by atoms with Crippen LogP contribution in [0.25, 0.3) is 5.69 Å². The Morgan fingerprint density at radius 2 is 1.89 bits per heavy atom. The first-order valence-electron chi connectivity index (χ1n) is 8.56. The monoisotopic (exact) mass is 429 g/mol. The number of carbonyl (C=O) groups is 1. The van der Waals surface area contributed by atoms with Crippen molar-refractivity contribution in [1.82, 2.24) is 25.5 Å². The van der Waals surface area contributed by atoms with Gasteiger partial charge in [-0.3, -0.25) is 4.79 Å². The maximum atomic E-state index is 12.5. The number of amides is 1. The molecule has 2 aromatic carbocycles. The SMILES string of the molecule is CC(C)Oc1ccc(C(=O)NC(C)c2nnnn2-c2cccc(Br)c2)cc1. The zero-order valence-electron chi connectivity index (χ0n) is 15.3. The van der Waals surface area contributed by atoms with Crippen LogP contribution < -0.4 is 10.1 Å². The van der Waals surface area contributed by atoms with E-state index in [1.807, 2.05) is 45.0 Å². The molecule has 27 heavy (non-hydrogen) atoms. The maximum Gasteiger partial charge on any atom is 0.251 e. The van der Waals surface area contributed by atoms with Gasteiger partial charge in [-0.25, -0.2) is 0 Å². The molecule has 1 amide bonds. The molecular weight excluding hydrogens is 410 g/mol. The summed E-state index contributed by atoms with van der Waals surface area (Å²) in [5, 5.41) is 14.8. The smallest absolute Gasteiger partial charge is 0.251 e. The highest BCUT2D eigenvalue weighted by Gasteiger charge is 2.19. The second kappa shape index (κ2) is 8.30. The summed E-state index contributed by atoms with van der Waals surface area (Å²) in [6.07, 6.45) is 0.0848. The van der Waals surface area contributed by atoms with Crippen LogP contribution in [0.15, 0.2) is 53.0 Å². The molecule has 0 bridgehead atoms. The molecule has 8 heteroatoms. The van der Waals surface area contributed by atoms with Crippen LogP contribution in [0.4, 0.5) is 0 Å². The largest absolute Gasteiger partial charge is 0.491 e. The average Bonchev–Trinajstić information content (AvgIpc) is 3.11. The lowest BCUT2D eigenvalue weighted by atomic mass is 10.2. The molecular formula is C19H20BrN5O2. The van der Waals surface area contributed by atoms with Crippen LogP contribution in [-0.4, -0.2) is 32.2 Å². The minimum atomic E-state index is -0.377. The van der Waals surface area contributed by atoms with Gasteiger partial charge in [-0.15, -0.1) is 5.10 Å². The van der Waals surface area contributed by atoms with Gasteiger partial charge in [0.15, 0.2) is 5.82 Å². The fraction of sp³-hybridized carbons (Fsp3) is 0.263. The van der Waals surface area contributed by atoms with Crippen molar-refractivity contribution in [1.29, 1.82) is 0 Å². The number of aromatic nitrogens is 4. The molecule has 0 fully saturated rings. The molecule has 3 rings (SSSR count). The molecule has 1 N–H and O–H groups in total. The third kappa shape index (κ3) is 4.71. The Kier molecular flexibility index (Phi) is 5.85. The summed E-state index contributed by atoms with van der Waals surface area (Å²) in [5.74, 6) is 1.07. The Bertz CT molecular complexity index is 924. The number of halogens is 1. The lowest BCUT2D eigenvalue weighted by Crippen LogP contribution is -2.28. The molecule has 0 saturated heterocycles. The highest BCUT2D eigenvalue weighted by molar-refractivity contribution is 9.10. The van der Waals surface area contributed by atoms with Gasteiger partial charge in [0, 0.05) is 10.0 Å². The molecule has 7 nitrogen and oxygen atoms in total. The van der Waals surface area contributed by atoms with Crippen molar-refractivity contribution in [3.8, 4) is 11.4 Å². The van der Waals surface area contributed by atoms with Crippen molar-refractivity contribution in [2.75, 3.05) is 0 Å². The first kappa shape index (κ1) is 19.0. The average molecular weight is 430 g/mol. The van der Waals surface area contributed by atoms with Gasteiger partial charge in [-0.2, -0.15) is 4.68 Å². The van der Waals surface area contributed by atoms with Gasteiger partial charge in [0.05, 0.1) is 17.8 Å². The van der Waals surface area contributed by atoms with Gasteiger partial charge in [0.2, 0.25) is 0 Å². The van der Waals surface area contributed by atoms with E-state index in [0.717, 1.165) is 15.9 Å². The molecule has 1 aromatic heterocycles. The van der Waals surface area contributed by atoms with E-state index in [9.17, 15) is 4.79 Å². The number of nitrogens with zero attached hydrogens (tertiary/aromatic N) is 4. The molecule has 1 heterocycles. The second-order valence-electron chi connectivity index (χ2n) is 6.31. The van der Waals surface area contributed by atoms with E-state index in [1.54, 1.807) is 28.9 Å². The minimum absolute atomic E-state index is 0.0848. The summed E-state index contributed by atoms with van der Waals surface area (Å²) in [6.45, 7) is 5.75. The van der Waals surface area contributed by atoms with E-state index < -0.39 is 0 Å². The van der Waals surface area contributed by atoms with E-state index in [1.165, 1.54) is 0 Å². The van der Waals surface area contributed by atoms with Crippen molar-refractivity contribution >= 4 is 21.8 Å². The summed E-state index contributed by atoms with van der Waals surface area (Å²) >= 11 is 3.44. The molecule has 1 unspecified atom stereocenters. The molecule has 1 atom stereocenters. The van der Waals surface area contributed by atoms with E-state index >= 15 is 0 Å². The van der Waals surface area contributed by atoms with Crippen molar-refractivity contribution in [2.24, 2.45) is 0 Å². The van der Waals surface area contributed by atoms with Gasteiger partial charge < -0.3 is 10.1 Å². The van der Waals surface area contributed by atoms with Crippen LogP contribution in [0.5, 0.6) is 5.75 Å². The zero-order chi connectivity index (χ0) is 19.4. The topological polar surface area (TPSA) is 81.9 Å². The lowest BCUT2D eigenvalue weighted by Gasteiger charge is -2.14. The summed E-state index contributed by atoms with van der Waals surface area (Å²) < 4.78 is 8.12. The highest BCUT2D eigenvalue weighted by atomic mass is 79.9. The molecule has 0 radical (unpaired) electrons. The molecule has 0 aliphatic carbocycles. The van der Waals surface area contributed by atoms with Gasteiger partial charge in [0.25, 0.3) is 5.91 Å². The van der Waals surface area contributed by atoms with Crippen LogP contribution in [0.3, 0.4) is 0 Å². The van der Waals surface area contributed by atoms with Crippen LogP contribution in [0.2, 0.25) is 0 Å². The second-order valence-corrected chi connectivity index (χ2v) is 7.23. The first-order chi connectivity index (χ1) is 12.9. The van der Waals surface area contributed by atoms with Crippen molar-refractivity contribution < 1.29 is 9.53 Å². The fourth-order valence-electron chi connectivity index (χ4n) is 2.56. The number of nitrogens with one attached hydrogen (secondary N) is 1. The Morgan fingerprint density at radius 1 is 1.15 bits per heavy atom.